The van der Waals surface area contributed by atoms with Crippen LogP contribution in [-0.4, -0.2) is 22.8 Å². The minimum atomic E-state index is -1.05. The summed E-state index contributed by atoms with van der Waals surface area (Å²) in [5.74, 6) is 5.20. The molecule has 0 spiro atoms. The molecule has 0 bridgehead atoms. The van der Waals surface area contributed by atoms with E-state index in [1.54, 1.807) is 0 Å². The Hall–Kier alpha value is -1.01. The fourth-order valence-corrected chi connectivity index (χ4v) is 2.41. The maximum atomic E-state index is 10.2. The van der Waals surface area contributed by atoms with E-state index in [0.717, 1.165) is 12.3 Å². The van der Waals surface area contributed by atoms with Crippen LogP contribution in [0.3, 0.4) is 0 Å². The number of aliphatic carboxylic acids is 1. The molecule has 4 unspecified atom stereocenters. The van der Waals surface area contributed by atoms with Crippen LogP contribution in [0.1, 0.15) is 12.8 Å². The number of fused-ring (bicyclic) bond motifs is 3. The predicted molar refractivity (Wildman–Crippen MR) is 39.2 cm³/mol. The van der Waals surface area contributed by atoms with E-state index < -0.39 is 5.97 Å². The summed E-state index contributed by atoms with van der Waals surface area (Å²) in [5.41, 5.74) is -0.316. The molecule has 4 atom stereocenters. The number of epoxide rings is 1. The van der Waals surface area contributed by atoms with Crippen molar-refractivity contribution in [3.05, 3.63) is 0 Å². The summed E-state index contributed by atoms with van der Waals surface area (Å²) in [6.45, 7) is 0. The molecule has 0 aromatic carbocycles. The number of rotatable bonds is 0. The molecule has 2 aliphatic carbocycles. The standard InChI is InChI=1S/C9H8O3/c10-8(11)1-2-9-6-3-5(6)4-7(9)12-9/h5-7H,3-4H2,(H,10,11). The first-order chi connectivity index (χ1) is 5.72. The second-order valence-corrected chi connectivity index (χ2v) is 3.79. The van der Waals surface area contributed by atoms with Gasteiger partial charge in [-0.3, -0.25) is 0 Å². The second-order valence-electron chi connectivity index (χ2n) is 3.79. The van der Waals surface area contributed by atoms with E-state index in [2.05, 4.69) is 11.8 Å². The maximum Gasteiger partial charge on any atom is 0.382 e. The zero-order chi connectivity index (χ0) is 8.34. The molecule has 0 aromatic rings. The molecule has 3 rings (SSSR count). The van der Waals surface area contributed by atoms with Crippen molar-refractivity contribution in [1.29, 1.82) is 0 Å². The largest absolute Gasteiger partial charge is 0.472 e. The first-order valence-electron chi connectivity index (χ1n) is 4.16. The van der Waals surface area contributed by atoms with Crippen LogP contribution < -0.4 is 0 Å². The number of carboxylic acids is 1. The summed E-state index contributed by atoms with van der Waals surface area (Å²) >= 11 is 0. The molecule has 3 heteroatoms. The molecule has 0 radical (unpaired) electrons. The normalized spacial score (nSPS) is 51.5. The highest BCUT2D eigenvalue weighted by atomic mass is 16.6. The Labute approximate surface area is 69.7 Å². The lowest BCUT2D eigenvalue weighted by Crippen LogP contribution is -2.12. The van der Waals surface area contributed by atoms with Gasteiger partial charge in [-0.2, -0.15) is 0 Å². The van der Waals surface area contributed by atoms with Crippen molar-refractivity contribution in [3.8, 4) is 11.8 Å². The highest BCUT2D eigenvalue weighted by Crippen LogP contribution is 2.68. The van der Waals surface area contributed by atoms with Gasteiger partial charge in [0, 0.05) is 11.8 Å². The lowest BCUT2D eigenvalue weighted by Gasteiger charge is -1.96. The molecule has 0 aromatic heterocycles. The van der Waals surface area contributed by atoms with Crippen LogP contribution in [-0.2, 0) is 9.53 Å². The molecule has 1 saturated heterocycles. The van der Waals surface area contributed by atoms with E-state index in [0.29, 0.717) is 5.92 Å². The molecule has 1 heterocycles. The first-order valence-corrected chi connectivity index (χ1v) is 4.16. The van der Waals surface area contributed by atoms with Crippen LogP contribution >= 0.6 is 0 Å². The van der Waals surface area contributed by atoms with Crippen molar-refractivity contribution in [3.63, 3.8) is 0 Å². The van der Waals surface area contributed by atoms with Gasteiger partial charge in [0.1, 0.15) is 6.10 Å². The quantitative estimate of drug-likeness (QED) is 0.412. The van der Waals surface area contributed by atoms with Gasteiger partial charge < -0.3 is 9.84 Å². The van der Waals surface area contributed by atoms with Crippen LogP contribution in [0.25, 0.3) is 0 Å². The highest BCUT2D eigenvalue weighted by molar-refractivity contribution is 5.87. The molecular formula is C9H8O3. The van der Waals surface area contributed by atoms with E-state index in [4.69, 9.17) is 9.84 Å². The fraction of sp³-hybridized carbons (Fsp3) is 0.667. The van der Waals surface area contributed by atoms with Crippen molar-refractivity contribution >= 4 is 5.97 Å². The minimum Gasteiger partial charge on any atom is -0.472 e. The van der Waals surface area contributed by atoms with Gasteiger partial charge in [0.25, 0.3) is 0 Å². The monoisotopic (exact) mass is 164 g/mol. The van der Waals surface area contributed by atoms with Gasteiger partial charge in [0.15, 0.2) is 5.60 Å². The van der Waals surface area contributed by atoms with Crippen molar-refractivity contribution in [1.82, 2.24) is 0 Å². The van der Waals surface area contributed by atoms with E-state index in [1.807, 2.05) is 0 Å². The molecule has 3 nitrogen and oxygen atoms in total. The first kappa shape index (κ1) is 6.50. The van der Waals surface area contributed by atoms with Gasteiger partial charge in [-0.1, -0.05) is 5.92 Å². The summed E-state index contributed by atoms with van der Waals surface area (Å²) in [6.07, 6.45) is 2.54. The third-order valence-electron chi connectivity index (χ3n) is 3.11. The molecule has 62 valence electrons. The van der Waals surface area contributed by atoms with Crippen molar-refractivity contribution < 1.29 is 14.6 Å². The smallest absolute Gasteiger partial charge is 0.382 e. The van der Waals surface area contributed by atoms with Gasteiger partial charge >= 0.3 is 5.97 Å². The average Bonchev–Trinajstić information content (AvgIpc) is 2.87. The summed E-state index contributed by atoms with van der Waals surface area (Å²) in [7, 11) is 0. The SMILES string of the molecule is O=C(O)C#CC12OC1CC1CC12. The Morgan fingerprint density at radius 1 is 1.58 bits per heavy atom. The topological polar surface area (TPSA) is 49.8 Å². The summed E-state index contributed by atoms with van der Waals surface area (Å²) in [5, 5.41) is 8.38. The van der Waals surface area contributed by atoms with Gasteiger partial charge in [0.2, 0.25) is 0 Å². The van der Waals surface area contributed by atoms with Crippen molar-refractivity contribution in [2.75, 3.05) is 0 Å². The number of ether oxygens (including phenoxy) is 1. The third kappa shape index (κ3) is 0.638. The molecule has 2 saturated carbocycles. The van der Waals surface area contributed by atoms with Gasteiger partial charge in [-0.25, -0.2) is 4.79 Å². The summed E-state index contributed by atoms with van der Waals surface area (Å²) in [6, 6.07) is 0. The van der Waals surface area contributed by atoms with E-state index in [-0.39, 0.29) is 11.7 Å². The van der Waals surface area contributed by atoms with Gasteiger partial charge in [-0.05, 0) is 18.8 Å². The van der Waals surface area contributed by atoms with Crippen LogP contribution in [0.2, 0.25) is 0 Å². The van der Waals surface area contributed by atoms with Crippen molar-refractivity contribution in [2.24, 2.45) is 11.8 Å². The van der Waals surface area contributed by atoms with E-state index in [1.165, 1.54) is 6.42 Å². The summed E-state index contributed by atoms with van der Waals surface area (Å²) < 4.78 is 5.41. The van der Waals surface area contributed by atoms with E-state index in [9.17, 15) is 4.79 Å². The molecular weight excluding hydrogens is 156 g/mol. The third-order valence-corrected chi connectivity index (χ3v) is 3.11. The lowest BCUT2D eigenvalue weighted by atomic mass is 10.0. The van der Waals surface area contributed by atoms with Crippen LogP contribution in [0.15, 0.2) is 0 Å². The Morgan fingerprint density at radius 3 is 3.00 bits per heavy atom. The summed E-state index contributed by atoms with van der Waals surface area (Å²) in [4.78, 5) is 10.2. The lowest BCUT2D eigenvalue weighted by molar-refractivity contribution is -0.130. The second kappa shape index (κ2) is 1.67. The van der Waals surface area contributed by atoms with Gasteiger partial charge in [0.05, 0.1) is 0 Å². The number of carboxylic acid groups (broad SMARTS) is 1. The van der Waals surface area contributed by atoms with Crippen molar-refractivity contribution in [2.45, 2.75) is 24.5 Å². The minimum absolute atomic E-state index is 0.257. The average molecular weight is 164 g/mol. The molecule has 1 N–H and O–H groups in total. The molecule has 0 amide bonds. The zero-order valence-electron chi connectivity index (χ0n) is 6.41. The number of hydrogen-bond donors (Lipinski definition) is 1. The van der Waals surface area contributed by atoms with Crippen LogP contribution in [0.5, 0.6) is 0 Å². The molecule has 12 heavy (non-hydrogen) atoms. The van der Waals surface area contributed by atoms with Crippen LogP contribution in [0, 0.1) is 23.7 Å². The zero-order valence-corrected chi connectivity index (χ0v) is 6.41. The predicted octanol–water partition coefficient (Wildman–Crippen LogP) is 0.252. The maximum absolute atomic E-state index is 10.2. The van der Waals surface area contributed by atoms with Crippen LogP contribution in [0.4, 0.5) is 0 Å². The van der Waals surface area contributed by atoms with Gasteiger partial charge in [-0.15, -0.1) is 0 Å². The number of hydrogen-bond acceptors (Lipinski definition) is 2. The molecule has 3 aliphatic rings. The molecule has 1 aliphatic heterocycles. The Balaban J connectivity index is 1.86. The Kier molecular flexibility index (Phi) is 0.904. The Morgan fingerprint density at radius 2 is 2.42 bits per heavy atom. The molecule has 3 fully saturated rings. The fourth-order valence-electron chi connectivity index (χ4n) is 2.41. The van der Waals surface area contributed by atoms with E-state index >= 15 is 0 Å². The number of carbonyl (C=O) groups is 1. The highest BCUT2D eigenvalue weighted by Gasteiger charge is 2.74. The Bertz CT molecular complexity index is 324.